The maximum atomic E-state index is 15.0. The fourth-order valence-electron chi connectivity index (χ4n) is 11.2. The Balaban J connectivity index is 0.000000220. The van der Waals surface area contributed by atoms with Crippen molar-refractivity contribution in [2.45, 2.75) is 158 Å². The molecule has 0 bridgehead atoms. The van der Waals surface area contributed by atoms with E-state index in [1.165, 1.54) is 17.9 Å². The van der Waals surface area contributed by atoms with Crippen LogP contribution in [0.1, 0.15) is 137 Å². The monoisotopic (exact) mass is 1140 g/mol. The van der Waals surface area contributed by atoms with Gasteiger partial charge in [0.25, 0.3) is 11.8 Å². The van der Waals surface area contributed by atoms with E-state index in [1.54, 1.807) is 6.08 Å². The Morgan fingerprint density at radius 1 is 0.692 bits per heavy atom. The molecule has 2 aromatic carbocycles. The lowest BCUT2D eigenvalue weighted by molar-refractivity contribution is -0.135. The first-order valence-corrected chi connectivity index (χ1v) is 35.4. The fraction of sp³-hybridized carbons (Fsp3) is 0.583. The summed E-state index contributed by atoms with van der Waals surface area (Å²) in [6.07, 6.45) is 7.44. The fourth-order valence-corrected chi connectivity index (χ4v) is 17.3. The topological polar surface area (TPSA) is 167 Å². The first-order valence-electron chi connectivity index (χ1n) is 27.5. The molecule has 426 valence electrons. The number of carbonyl (C=O) groups excluding carboxylic acids is 3. The quantitative estimate of drug-likeness (QED) is 0.0719. The zero-order valence-corrected chi connectivity index (χ0v) is 52.9. The first-order chi connectivity index (χ1) is 36.7. The van der Waals surface area contributed by atoms with Crippen molar-refractivity contribution >= 4 is 57.5 Å². The number of fused-ring (bicyclic) bond motifs is 4. The summed E-state index contributed by atoms with van der Waals surface area (Å²) in [7, 11) is 4.06. The number of benzene rings is 2. The lowest BCUT2D eigenvalue weighted by Crippen LogP contribution is -2.66. The first kappa shape index (κ1) is 61.5. The van der Waals surface area contributed by atoms with Gasteiger partial charge < -0.3 is 32.5 Å². The largest absolute Gasteiger partial charge is 0.470 e. The highest BCUT2D eigenvalue weighted by molar-refractivity contribution is 8.17. The molecule has 1 N–H and O–H groups in total. The van der Waals surface area contributed by atoms with Crippen molar-refractivity contribution in [2.75, 3.05) is 46.8 Å². The van der Waals surface area contributed by atoms with Crippen molar-refractivity contribution in [3.8, 4) is 11.8 Å². The summed E-state index contributed by atoms with van der Waals surface area (Å²) in [6.45, 7) is 26.4. The molecule has 1 saturated heterocycles. The minimum absolute atomic E-state index is 0.0594. The van der Waals surface area contributed by atoms with Crippen molar-refractivity contribution in [3.05, 3.63) is 118 Å². The van der Waals surface area contributed by atoms with Gasteiger partial charge in [0, 0.05) is 18.9 Å². The second kappa shape index (κ2) is 24.1. The number of ether oxygens (including phenoxy) is 2. The molecule has 14 nitrogen and oxygen atoms in total. The summed E-state index contributed by atoms with van der Waals surface area (Å²) in [6, 6.07) is 19.1. The second-order valence-corrected chi connectivity index (χ2v) is 37.1. The number of ketones is 3. The lowest BCUT2D eigenvalue weighted by atomic mass is 9.61. The highest BCUT2D eigenvalue weighted by atomic mass is 32.2. The van der Waals surface area contributed by atoms with Crippen LogP contribution in [0.15, 0.2) is 93.0 Å². The number of aromatic nitrogens is 2. The number of rotatable bonds is 14. The molecular formula is C60H86N4O10S2Si2. The number of aliphatic hydroxyl groups is 1. The average Bonchev–Trinajstić information content (AvgIpc) is 4.13. The molecule has 7 atom stereocenters. The van der Waals surface area contributed by atoms with Crippen molar-refractivity contribution in [1.82, 2.24) is 20.1 Å². The van der Waals surface area contributed by atoms with Crippen LogP contribution >= 0.6 is 23.5 Å². The molecule has 3 heterocycles. The van der Waals surface area contributed by atoms with Crippen molar-refractivity contribution < 1.29 is 46.9 Å². The Morgan fingerprint density at radius 3 is 1.56 bits per heavy atom. The van der Waals surface area contributed by atoms with E-state index >= 15 is 0 Å². The number of hydrogen-bond acceptors (Lipinski definition) is 16. The van der Waals surface area contributed by atoms with Crippen LogP contribution < -0.4 is 9.47 Å². The maximum Gasteiger partial charge on any atom is 0.265 e. The molecule has 1 fully saturated rings. The Kier molecular flexibility index (Phi) is 19.0. The minimum Gasteiger partial charge on any atom is -0.470 e. The van der Waals surface area contributed by atoms with Crippen LogP contribution in [0, 0.1) is 17.8 Å². The van der Waals surface area contributed by atoms with Crippen LogP contribution in [0.25, 0.3) is 0 Å². The zero-order valence-electron chi connectivity index (χ0n) is 49.3. The number of hydrogen-bond donors (Lipinski definition) is 1. The van der Waals surface area contributed by atoms with E-state index in [2.05, 4.69) is 134 Å². The zero-order chi connectivity index (χ0) is 57.3. The van der Waals surface area contributed by atoms with Crippen molar-refractivity contribution in [1.29, 1.82) is 0 Å². The molecule has 2 aromatic heterocycles. The van der Waals surface area contributed by atoms with E-state index in [9.17, 15) is 14.4 Å². The number of Topliss-reactive ketones (excluding diaryl/α,β-unsaturated/α-hetero) is 2. The number of aliphatic hydroxyl groups excluding tert-OH is 1. The maximum absolute atomic E-state index is 15.0. The second-order valence-electron chi connectivity index (χ2n) is 24.8. The molecule has 18 heteroatoms. The molecule has 0 unspecified atom stereocenters. The summed E-state index contributed by atoms with van der Waals surface area (Å²) in [5.74, 6) is 2.93. The third-order valence-electron chi connectivity index (χ3n) is 17.3. The van der Waals surface area contributed by atoms with Gasteiger partial charge in [0.05, 0.1) is 16.7 Å². The number of nitrogens with zero attached hydrogens (tertiary/aromatic N) is 4. The van der Waals surface area contributed by atoms with Gasteiger partial charge in [-0.3, -0.25) is 24.2 Å². The third-order valence-corrected chi connectivity index (χ3v) is 29.4. The highest BCUT2D eigenvalue weighted by Gasteiger charge is 2.67. The Bertz CT molecular complexity index is 2810. The molecule has 0 radical (unpaired) electrons. The van der Waals surface area contributed by atoms with Crippen molar-refractivity contribution in [3.63, 3.8) is 0 Å². The Hall–Kier alpha value is -4.12. The predicted octanol–water partition coefficient (Wildman–Crippen LogP) is 12.9. The Morgan fingerprint density at radius 2 is 1.13 bits per heavy atom. The SMILES string of the molecule is CC1=C[C@@H](C2SCCCS2)C[C@H]2[C@H](N(C)C)c3onc(OCc4ccccc4)c3C(=O)[C@@]12O[Si](C)(C)C(C)(C)C.CCC1=CC(=O)[C@]2(O[Si](C)(C)C(C)(C)C)C(=O)c3c(OCc4ccccc4)noc3[C@@H](N(C)C)[C@@H]2C1.CO. The van der Waals surface area contributed by atoms with Gasteiger partial charge >= 0.3 is 0 Å². The van der Waals surface area contributed by atoms with Crippen LogP contribution in [0.2, 0.25) is 36.3 Å². The molecule has 0 amide bonds. The molecule has 4 aromatic rings. The normalized spacial score (nSPS) is 25.6. The summed E-state index contributed by atoms with van der Waals surface area (Å²) in [4.78, 5) is 47.7. The summed E-state index contributed by atoms with van der Waals surface area (Å²) in [5, 5.41) is 15.3. The van der Waals surface area contributed by atoms with Gasteiger partial charge in [0.2, 0.25) is 11.6 Å². The van der Waals surface area contributed by atoms with E-state index in [-0.39, 0.29) is 63.6 Å². The summed E-state index contributed by atoms with van der Waals surface area (Å²) >= 11 is 4.13. The summed E-state index contributed by atoms with van der Waals surface area (Å²) in [5.41, 5.74) is 1.94. The van der Waals surface area contributed by atoms with E-state index in [4.69, 9.17) is 32.5 Å². The predicted molar refractivity (Wildman–Crippen MR) is 316 cm³/mol. The Labute approximate surface area is 474 Å². The molecule has 4 aliphatic carbocycles. The molecule has 78 heavy (non-hydrogen) atoms. The van der Waals surface area contributed by atoms with Gasteiger partial charge in [-0.25, -0.2) is 0 Å². The van der Waals surface area contributed by atoms with Gasteiger partial charge in [-0.1, -0.05) is 121 Å². The lowest BCUT2D eigenvalue weighted by Gasteiger charge is -2.55. The van der Waals surface area contributed by atoms with Gasteiger partial charge in [-0.15, -0.1) is 23.5 Å². The number of carbonyl (C=O) groups is 3. The molecule has 1 aliphatic heterocycles. The molecular weight excluding hydrogens is 1060 g/mol. The van der Waals surface area contributed by atoms with Crippen LogP contribution in [0.5, 0.6) is 11.8 Å². The average molecular weight is 1140 g/mol. The molecule has 5 aliphatic rings. The van der Waals surface area contributed by atoms with E-state index < -0.39 is 39.5 Å². The highest BCUT2D eigenvalue weighted by Crippen LogP contribution is 2.60. The van der Waals surface area contributed by atoms with Crippen LogP contribution in [0.3, 0.4) is 0 Å². The van der Waals surface area contributed by atoms with Crippen LogP contribution in [0.4, 0.5) is 0 Å². The van der Waals surface area contributed by atoms with Gasteiger partial charge in [-0.2, -0.15) is 0 Å². The van der Waals surface area contributed by atoms with Gasteiger partial charge in [-0.05, 0) is 148 Å². The van der Waals surface area contributed by atoms with E-state index in [1.807, 2.05) is 86.6 Å². The van der Waals surface area contributed by atoms with Crippen molar-refractivity contribution in [2.24, 2.45) is 17.8 Å². The minimum atomic E-state index is -2.56. The van der Waals surface area contributed by atoms with Crippen LogP contribution in [-0.4, -0.2) is 122 Å². The number of thioether (sulfide) groups is 2. The molecule has 0 saturated carbocycles. The summed E-state index contributed by atoms with van der Waals surface area (Å²) < 4.78 is 38.8. The van der Waals surface area contributed by atoms with E-state index in [0.717, 1.165) is 42.2 Å². The standard InChI is InChI=1S/C31H44N2O4S2Si.C28H38N2O5Si.CH4O/c1-20-17-22(29-38-15-12-16-39-29)18-23-25(33(5)6)26-24(27(34)31(20,23)37-40(7,8)30(2,3)4)28(32-36-26)35-19-21-13-10-9-11-14-21;1-9-18-15-20-23(30(5)6)24-22(26(29-34-24)33-17-19-13-11-10-12-14-19)25(32)28(20,21(31)16-18)35-36(7,8)27(2,3)4;1-2/h9-11,13-14,17,22-23,25,29H,12,15-16,18-19H2,1-8H3;10-14,16,20,23H,9,15,17H2,1-8H3;2H,1H3/t22-,23+,25+,31-;20-,23-,28-;/m10./s1. The number of allylic oxidation sites excluding steroid dienone is 2. The smallest absolute Gasteiger partial charge is 0.265 e. The van der Waals surface area contributed by atoms with E-state index in [0.29, 0.717) is 40.6 Å². The molecule has 9 rings (SSSR count). The van der Waals surface area contributed by atoms with Gasteiger partial charge in [0.15, 0.2) is 39.5 Å². The van der Waals surface area contributed by atoms with Gasteiger partial charge in [0.1, 0.15) is 29.9 Å². The molecule has 0 spiro atoms. The van der Waals surface area contributed by atoms with Crippen LogP contribution in [-0.2, 0) is 26.9 Å². The third kappa shape index (κ3) is 11.7.